The van der Waals surface area contributed by atoms with E-state index in [-0.39, 0.29) is 17.9 Å². The first-order chi connectivity index (χ1) is 16.5. The summed E-state index contributed by atoms with van der Waals surface area (Å²) in [7, 11) is 0. The number of nitrogens with one attached hydrogen (secondary N) is 1. The molecule has 1 N–H and O–H groups in total. The molecule has 8 heteroatoms. The number of rotatable bonds is 6. The summed E-state index contributed by atoms with van der Waals surface area (Å²) in [6, 6.07) is 9.58. The summed E-state index contributed by atoms with van der Waals surface area (Å²) in [6.45, 7) is 6.03. The second kappa shape index (κ2) is 9.44. The Labute approximate surface area is 199 Å². The lowest BCUT2D eigenvalue weighted by atomic mass is 10.0. The van der Waals surface area contributed by atoms with Crippen LogP contribution in [0.25, 0.3) is 5.69 Å². The van der Waals surface area contributed by atoms with Crippen molar-refractivity contribution in [1.29, 1.82) is 0 Å². The van der Waals surface area contributed by atoms with Gasteiger partial charge in [-0.25, -0.2) is 4.68 Å². The van der Waals surface area contributed by atoms with Gasteiger partial charge in [-0.1, -0.05) is 38.8 Å². The highest BCUT2D eigenvalue weighted by molar-refractivity contribution is 5.98. The molecule has 34 heavy (non-hydrogen) atoms. The summed E-state index contributed by atoms with van der Waals surface area (Å²) < 4.78 is 3.70. The van der Waals surface area contributed by atoms with Crippen LogP contribution in [0, 0.1) is 5.92 Å². The van der Waals surface area contributed by atoms with Crippen molar-refractivity contribution in [2.24, 2.45) is 5.92 Å². The van der Waals surface area contributed by atoms with E-state index in [1.54, 1.807) is 10.9 Å². The zero-order valence-electron chi connectivity index (χ0n) is 19.9. The third-order valence-corrected chi connectivity index (χ3v) is 6.75. The van der Waals surface area contributed by atoms with Gasteiger partial charge >= 0.3 is 0 Å². The van der Waals surface area contributed by atoms with Gasteiger partial charge < -0.3 is 10.2 Å². The van der Waals surface area contributed by atoms with Crippen LogP contribution >= 0.6 is 0 Å². The fourth-order valence-corrected chi connectivity index (χ4v) is 5.10. The van der Waals surface area contributed by atoms with Gasteiger partial charge in [0.05, 0.1) is 17.8 Å². The maximum Gasteiger partial charge on any atom is 0.272 e. The molecule has 0 atom stereocenters. The summed E-state index contributed by atoms with van der Waals surface area (Å²) in [5.74, 6) is 0.239. The van der Waals surface area contributed by atoms with Crippen molar-refractivity contribution in [3.63, 3.8) is 0 Å². The normalized spacial score (nSPS) is 16.1. The lowest BCUT2D eigenvalue weighted by molar-refractivity contribution is 0.0729. The van der Waals surface area contributed by atoms with Crippen LogP contribution in [0.1, 0.15) is 71.6 Å². The Bertz CT molecular complexity index is 1170. The quantitative estimate of drug-likeness (QED) is 0.609. The summed E-state index contributed by atoms with van der Waals surface area (Å²) in [5.41, 5.74) is 3.78. The smallest absolute Gasteiger partial charge is 0.272 e. The summed E-state index contributed by atoms with van der Waals surface area (Å²) in [4.78, 5) is 28.7. The Hall–Kier alpha value is -3.42. The van der Waals surface area contributed by atoms with Gasteiger partial charge in [-0.05, 0) is 37.0 Å². The van der Waals surface area contributed by atoms with Crippen molar-refractivity contribution in [1.82, 2.24) is 29.8 Å². The Kier molecular flexibility index (Phi) is 6.22. The number of hydrogen-bond acceptors (Lipinski definition) is 4. The van der Waals surface area contributed by atoms with Crippen molar-refractivity contribution in [3.8, 4) is 5.69 Å². The van der Waals surface area contributed by atoms with E-state index < -0.39 is 0 Å². The third-order valence-electron chi connectivity index (χ3n) is 6.75. The number of amides is 2. The van der Waals surface area contributed by atoms with Gasteiger partial charge in [0, 0.05) is 49.2 Å². The number of benzene rings is 1. The van der Waals surface area contributed by atoms with E-state index in [0.717, 1.165) is 49.2 Å². The van der Waals surface area contributed by atoms with Gasteiger partial charge in [0.15, 0.2) is 5.69 Å². The molecule has 1 aromatic carbocycles. The lowest BCUT2D eigenvalue weighted by Gasteiger charge is -2.29. The highest BCUT2D eigenvalue weighted by atomic mass is 16.2. The molecule has 1 fully saturated rings. The molecule has 3 aromatic rings. The van der Waals surface area contributed by atoms with Crippen molar-refractivity contribution in [3.05, 3.63) is 65.2 Å². The Morgan fingerprint density at radius 3 is 2.68 bits per heavy atom. The molecule has 2 aromatic heterocycles. The van der Waals surface area contributed by atoms with Gasteiger partial charge in [0.1, 0.15) is 0 Å². The molecule has 178 valence electrons. The second-order valence-electron chi connectivity index (χ2n) is 9.75. The maximum atomic E-state index is 13.6. The topological polar surface area (TPSA) is 85.0 Å². The number of fused-ring (bicyclic) bond motifs is 1. The Morgan fingerprint density at radius 2 is 1.94 bits per heavy atom. The van der Waals surface area contributed by atoms with Gasteiger partial charge in [-0.3, -0.25) is 14.3 Å². The van der Waals surface area contributed by atoms with Crippen LogP contribution < -0.4 is 5.32 Å². The van der Waals surface area contributed by atoms with E-state index in [1.165, 1.54) is 0 Å². The fraction of sp³-hybridized carbons (Fsp3) is 0.462. The fourth-order valence-electron chi connectivity index (χ4n) is 5.10. The third kappa shape index (κ3) is 4.36. The minimum Gasteiger partial charge on any atom is -0.348 e. The number of para-hydroxylation sites is 1. The summed E-state index contributed by atoms with van der Waals surface area (Å²) in [5, 5.41) is 12.2. The Balaban J connectivity index is 1.44. The predicted octanol–water partition coefficient (Wildman–Crippen LogP) is 3.60. The molecule has 1 saturated carbocycles. The summed E-state index contributed by atoms with van der Waals surface area (Å²) >= 11 is 0. The first-order valence-electron chi connectivity index (χ1n) is 12.3. The molecular formula is C26H32N6O2. The van der Waals surface area contributed by atoms with E-state index in [4.69, 9.17) is 5.10 Å². The Morgan fingerprint density at radius 1 is 1.15 bits per heavy atom. The first kappa shape index (κ1) is 22.4. The van der Waals surface area contributed by atoms with Crippen molar-refractivity contribution in [2.75, 3.05) is 6.54 Å². The average molecular weight is 461 g/mol. The molecule has 2 aliphatic rings. The van der Waals surface area contributed by atoms with E-state index >= 15 is 0 Å². The van der Waals surface area contributed by atoms with Crippen LogP contribution in [0.15, 0.2) is 42.7 Å². The van der Waals surface area contributed by atoms with Gasteiger partial charge in [-0.15, -0.1) is 0 Å². The minimum atomic E-state index is -0.114. The SMILES string of the molecule is CC(C)Cn1nc(C(=O)NC2CCCC2)c2c1CCN(C(=O)c1ccccc1-n1cccn1)C2. The molecule has 2 amide bonds. The number of carbonyl (C=O) groups is 2. The molecule has 0 saturated heterocycles. The monoisotopic (exact) mass is 460 g/mol. The highest BCUT2D eigenvalue weighted by Gasteiger charge is 2.32. The number of hydrogen-bond donors (Lipinski definition) is 1. The number of carbonyl (C=O) groups excluding carboxylic acids is 2. The van der Waals surface area contributed by atoms with Crippen molar-refractivity contribution in [2.45, 2.75) is 65.1 Å². The lowest BCUT2D eigenvalue weighted by Crippen LogP contribution is -2.38. The standard InChI is InChI=1S/C26H32N6O2/c1-18(2)16-32-23-12-15-30(17-21(23)24(29-32)25(33)28-19-8-3-4-9-19)26(34)20-10-5-6-11-22(20)31-14-7-13-27-31/h5-7,10-11,13-14,18-19H,3-4,8-9,12,15-17H2,1-2H3,(H,28,33). The molecule has 0 radical (unpaired) electrons. The minimum absolute atomic E-state index is 0.0597. The largest absolute Gasteiger partial charge is 0.348 e. The highest BCUT2D eigenvalue weighted by Crippen LogP contribution is 2.27. The zero-order chi connectivity index (χ0) is 23.7. The van der Waals surface area contributed by atoms with Crippen LogP contribution in [0.3, 0.4) is 0 Å². The molecule has 0 unspecified atom stereocenters. The molecule has 1 aliphatic heterocycles. The van der Waals surface area contributed by atoms with Crippen molar-refractivity contribution < 1.29 is 9.59 Å². The van der Waals surface area contributed by atoms with Gasteiger partial charge in [0.25, 0.3) is 11.8 Å². The van der Waals surface area contributed by atoms with Crippen LogP contribution in [0.5, 0.6) is 0 Å². The first-order valence-corrected chi connectivity index (χ1v) is 12.3. The van der Waals surface area contributed by atoms with E-state index in [1.807, 2.05) is 46.1 Å². The van der Waals surface area contributed by atoms with Crippen LogP contribution in [0.2, 0.25) is 0 Å². The van der Waals surface area contributed by atoms with E-state index in [2.05, 4.69) is 24.3 Å². The molecule has 0 bridgehead atoms. The molecule has 3 heterocycles. The number of nitrogens with zero attached hydrogens (tertiary/aromatic N) is 5. The van der Waals surface area contributed by atoms with Crippen molar-refractivity contribution >= 4 is 11.8 Å². The van der Waals surface area contributed by atoms with Crippen LogP contribution in [-0.2, 0) is 19.5 Å². The van der Waals surface area contributed by atoms with E-state index in [9.17, 15) is 9.59 Å². The maximum absolute atomic E-state index is 13.6. The van der Waals surface area contributed by atoms with Gasteiger partial charge in [-0.2, -0.15) is 10.2 Å². The molecule has 1 aliphatic carbocycles. The molecule has 0 spiro atoms. The predicted molar refractivity (Wildman–Crippen MR) is 129 cm³/mol. The molecule has 8 nitrogen and oxygen atoms in total. The molecular weight excluding hydrogens is 428 g/mol. The van der Waals surface area contributed by atoms with Crippen LogP contribution in [-0.4, -0.2) is 48.9 Å². The second-order valence-corrected chi connectivity index (χ2v) is 9.75. The van der Waals surface area contributed by atoms with Gasteiger partial charge in [0.2, 0.25) is 0 Å². The average Bonchev–Trinajstić information content (AvgIpc) is 3.60. The molecule has 5 rings (SSSR count). The number of aromatic nitrogens is 4. The van der Waals surface area contributed by atoms with E-state index in [0.29, 0.717) is 36.7 Å². The summed E-state index contributed by atoms with van der Waals surface area (Å²) in [6.07, 6.45) is 8.58. The zero-order valence-corrected chi connectivity index (χ0v) is 19.9. The van der Waals surface area contributed by atoms with Crippen LogP contribution in [0.4, 0.5) is 0 Å².